The van der Waals surface area contributed by atoms with Crippen LogP contribution in [0.15, 0.2) is 24.3 Å². The van der Waals surface area contributed by atoms with Crippen molar-refractivity contribution in [3.05, 3.63) is 29.8 Å². The normalized spacial score (nSPS) is 23.9. The number of benzene rings is 1. The molecule has 1 N–H and O–H groups in total. The van der Waals surface area contributed by atoms with E-state index >= 15 is 0 Å². The number of nitrogens with zero attached hydrogens (tertiary/aromatic N) is 1. The fraction of sp³-hybridized carbons (Fsp3) is 0.571. The summed E-state index contributed by atoms with van der Waals surface area (Å²) in [6.45, 7) is 6.14. The molecule has 2 rings (SSSR count). The second-order valence-electron chi connectivity index (χ2n) is 5.16. The number of likely N-dealkylation sites (N-methyl/N-ethyl adjacent to an activating group) is 1. The van der Waals surface area contributed by atoms with Crippen LogP contribution >= 0.6 is 0 Å². The maximum absolute atomic E-state index is 9.48. The van der Waals surface area contributed by atoms with Crippen molar-refractivity contribution >= 4 is 5.69 Å². The van der Waals surface area contributed by atoms with Gasteiger partial charge in [0.15, 0.2) is 12.0 Å². The quantitative estimate of drug-likeness (QED) is 0.895. The van der Waals surface area contributed by atoms with E-state index in [1.807, 2.05) is 50.1 Å². The summed E-state index contributed by atoms with van der Waals surface area (Å²) in [5.41, 5.74) is 1.96. The van der Waals surface area contributed by atoms with Crippen molar-refractivity contribution in [3.63, 3.8) is 0 Å². The molecule has 0 radical (unpaired) electrons. The highest BCUT2D eigenvalue weighted by atomic mass is 16.8. The number of rotatable bonds is 3. The number of hydrogen-bond donors (Lipinski definition) is 1. The molecule has 100 valence electrons. The second kappa shape index (κ2) is 4.88. The standard InChI is InChI=1S/C14H21NO3/c1-10(16)11-5-7-12(8-6-11)15(4)13-9-17-14(2,3)18-13/h5-8,10,13,16H,9H2,1-4H3/t10?,13-/m1/s1. The minimum Gasteiger partial charge on any atom is -0.389 e. The molecule has 1 unspecified atom stereocenters. The van der Waals surface area contributed by atoms with E-state index in [-0.39, 0.29) is 6.23 Å². The van der Waals surface area contributed by atoms with E-state index < -0.39 is 11.9 Å². The largest absolute Gasteiger partial charge is 0.389 e. The topological polar surface area (TPSA) is 41.9 Å². The van der Waals surface area contributed by atoms with E-state index in [0.29, 0.717) is 6.61 Å². The van der Waals surface area contributed by atoms with Gasteiger partial charge in [0.1, 0.15) is 0 Å². The molecule has 0 spiro atoms. The minimum atomic E-state index is -0.515. The van der Waals surface area contributed by atoms with Gasteiger partial charge in [-0.25, -0.2) is 0 Å². The first-order chi connectivity index (χ1) is 8.39. The van der Waals surface area contributed by atoms with E-state index in [9.17, 15) is 5.11 Å². The van der Waals surface area contributed by atoms with Gasteiger partial charge in [0.25, 0.3) is 0 Å². The Hall–Kier alpha value is -1.10. The highest BCUT2D eigenvalue weighted by molar-refractivity contribution is 5.47. The molecule has 1 saturated heterocycles. The third-order valence-electron chi connectivity index (χ3n) is 3.21. The van der Waals surface area contributed by atoms with Crippen LogP contribution in [0.4, 0.5) is 5.69 Å². The highest BCUT2D eigenvalue weighted by Crippen LogP contribution is 2.27. The molecule has 18 heavy (non-hydrogen) atoms. The van der Waals surface area contributed by atoms with Crippen molar-refractivity contribution < 1.29 is 14.6 Å². The Bertz CT molecular complexity index is 400. The van der Waals surface area contributed by atoms with Gasteiger partial charge >= 0.3 is 0 Å². The SMILES string of the molecule is CC(O)c1ccc(N(C)[C@H]2COC(C)(C)O2)cc1. The fourth-order valence-corrected chi connectivity index (χ4v) is 2.01. The lowest BCUT2D eigenvalue weighted by Gasteiger charge is -2.26. The Morgan fingerprint density at radius 3 is 2.39 bits per heavy atom. The third-order valence-corrected chi connectivity index (χ3v) is 3.21. The first-order valence-electron chi connectivity index (χ1n) is 6.22. The maximum Gasteiger partial charge on any atom is 0.165 e. The van der Waals surface area contributed by atoms with Crippen LogP contribution in [0.25, 0.3) is 0 Å². The minimum absolute atomic E-state index is 0.0719. The van der Waals surface area contributed by atoms with Crippen LogP contribution in [0.2, 0.25) is 0 Å². The molecule has 0 aliphatic carbocycles. The van der Waals surface area contributed by atoms with E-state index in [4.69, 9.17) is 9.47 Å². The highest BCUT2D eigenvalue weighted by Gasteiger charge is 2.35. The molecule has 1 aromatic carbocycles. The predicted octanol–water partition coefficient (Wildman–Crippen LogP) is 2.29. The van der Waals surface area contributed by atoms with E-state index in [1.54, 1.807) is 6.92 Å². The molecule has 0 bridgehead atoms. The van der Waals surface area contributed by atoms with Crippen LogP contribution in [0.3, 0.4) is 0 Å². The molecule has 1 aliphatic heterocycles. The summed E-state index contributed by atoms with van der Waals surface area (Å²) in [5.74, 6) is -0.515. The molecule has 0 amide bonds. The van der Waals surface area contributed by atoms with Crippen molar-refractivity contribution in [2.24, 2.45) is 0 Å². The molecule has 1 aliphatic rings. The Labute approximate surface area is 108 Å². The summed E-state index contributed by atoms with van der Waals surface area (Å²) in [5, 5.41) is 9.48. The van der Waals surface area contributed by atoms with Crippen molar-refractivity contribution in [2.45, 2.75) is 38.9 Å². The Morgan fingerprint density at radius 2 is 1.94 bits per heavy atom. The zero-order valence-corrected chi connectivity index (χ0v) is 11.4. The van der Waals surface area contributed by atoms with Gasteiger partial charge in [-0.15, -0.1) is 0 Å². The van der Waals surface area contributed by atoms with Crippen molar-refractivity contribution in [2.75, 3.05) is 18.6 Å². The summed E-state index contributed by atoms with van der Waals surface area (Å²) in [4.78, 5) is 2.04. The van der Waals surface area contributed by atoms with Crippen LogP contribution in [0, 0.1) is 0 Å². The third kappa shape index (κ3) is 2.83. The van der Waals surface area contributed by atoms with Crippen molar-refractivity contribution in [1.82, 2.24) is 0 Å². The molecule has 1 aromatic rings. The fourth-order valence-electron chi connectivity index (χ4n) is 2.01. The lowest BCUT2D eigenvalue weighted by atomic mass is 10.1. The Kier molecular flexibility index (Phi) is 3.61. The first-order valence-corrected chi connectivity index (χ1v) is 6.22. The molecule has 1 heterocycles. The summed E-state index contributed by atoms with van der Waals surface area (Å²) < 4.78 is 11.4. The number of aliphatic hydroxyl groups is 1. The van der Waals surface area contributed by atoms with Crippen LogP contribution in [-0.2, 0) is 9.47 Å². The second-order valence-corrected chi connectivity index (χ2v) is 5.16. The predicted molar refractivity (Wildman–Crippen MR) is 70.4 cm³/mol. The molecular formula is C14H21NO3. The van der Waals surface area contributed by atoms with Gasteiger partial charge < -0.3 is 19.5 Å². The average Bonchev–Trinajstić information content (AvgIpc) is 2.69. The van der Waals surface area contributed by atoms with Crippen molar-refractivity contribution in [1.29, 1.82) is 0 Å². The summed E-state index contributed by atoms with van der Waals surface area (Å²) in [6, 6.07) is 7.82. The lowest BCUT2D eigenvalue weighted by Crippen LogP contribution is -2.35. The smallest absolute Gasteiger partial charge is 0.165 e. The number of aliphatic hydroxyl groups excluding tert-OH is 1. The molecule has 4 heteroatoms. The lowest BCUT2D eigenvalue weighted by molar-refractivity contribution is -0.137. The number of anilines is 1. The van der Waals surface area contributed by atoms with Gasteiger partial charge in [-0.05, 0) is 38.5 Å². The number of hydrogen-bond acceptors (Lipinski definition) is 4. The molecule has 0 aromatic heterocycles. The van der Waals surface area contributed by atoms with Crippen LogP contribution in [0.1, 0.15) is 32.4 Å². The first kappa shape index (κ1) is 13.3. The molecular weight excluding hydrogens is 230 g/mol. The summed E-state index contributed by atoms with van der Waals surface area (Å²) in [7, 11) is 1.98. The van der Waals surface area contributed by atoms with Gasteiger partial charge in [-0.1, -0.05) is 12.1 Å². The van der Waals surface area contributed by atoms with E-state index in [0.717, 1.165) is 11.3 Å². The van der Waals surface area contributed by atoms with Crippen LogP contribution in [0.5, 0.6) is 0 Å². The molecule has 2 atom stereocenters. The Morgan fingerprint density at radius 1 is 1.33 bits per heavy atom. The van der Waals surface area contributed by atoms with Gasteiger partial charge in [0.2, 0.25) is 0 Å². The zero-order valence-electron chi connectivity index (χ0n) is 11.4. The number of ether oxygens (including phenoxy) is 2. The van der Waals surface area contributed by atoms with Gasteiger partial charge in [-0.2, -0.15) is 0 Å². The van der Waals surface area contributed by atoms with Crippen LogP contribution in [-0.4, -0.2) is 30.8 Å². The van der Waals surface area contributed by atoms with Gasteiger partial charge in [0.05, 0.1) is 12.7 Å². The van der Waals surface area contributed by atoms with E-state index in [2.05, 4.69) is 0 Å². The zero-order chi connectivity index (χ0) is 13.3. The molecule has 1 fully saturated rings. The maximum atomic E-state index is 9.48. The summed E-state index contributed by atoms with van der Waals surface area (Å²) >= 11 is 0. The average molecular weight is 251 g/mol. The van der Waals surface area contributed by atoms with Crippen molar-refractivity contribution in [3.8, 4) is 0 Å². The van der Waals surface area contributed by atoms with Gasteiger partial charge in [-0.3, -0.25) is 0 Å². The summed E-state index contributed by atoms with van der Waals surface area (Å²) in [6.07, 6.45) is -0.508. The molecule has 0 saturated carbocycles. The van der Waals surface area contributed by atoms with E-state index in [1.165, 1.54) is 0 Å². The van der Waals surface area contributed by atoms with Gasteiger partial charge in [0, 0.05) is 12.7 Å². The molecule has 4 nitrogen and oxygen atoms in total. The Balaban J connectivity index is 2.07. The monoisotopic (exact) mass is 251 g/mol. The van der Waals surface area contributed by atoms with Crippen LogP contribution < -0.4 is 4.90 Å².